The van der Waals surface area contributed by atoms with Gasteiger partial charge < -0.3 is 28.6 Å². The first kappa shape index (κ1) is 53.6. The van der Waals surface area contributed by atoms with Gasteiger partial charge in [0.2, 0.25) is 0 Å². The predicted octanol–water partition coefficient (Wildman–Crippen LogP) is 11.3. The van der Waals surface area contributed by atoms with Crippen molar-refractivity contribution < 1.29 is 38.2 Å². The molecule has 0 aliphatic rings. The molecule has 8 nitrogen and oxygen atoms in total. The Balaban J connectivity index is 4.27. The van der Waals surface area contributed by atoms with E-state index < -0.39 is 18.1 Å². The average Bonchev–Trinajstić information content (AvgIpc) is 3.15. The number of carboxylic acid groups (broad SMARTS) is 1. The molecule has 56 heavy (non-hydrogen) atoms. The Morgan fingerprint density at radius 2 is 1.00 bits per heavy atom. The molecule has 0 aromatic carbocycles. The van der Waals surface area contributed by atoms with Crippen molar-refractivity contribution >= 4 is 17.9 Å². The highest BCUT2D eigenvalue weighted by Crippen LogP contribution is 2.15. The number of carbonyl (C=O) groups is 3. The molecule has 0 saturated heterocycles. The molecule has 2 unspecified atom stereocenters. The SMILES string of the molecule is CC/C=C/C/C=C/C/C=C/CCCCCCCCCCCCC(=O)OC(COCCC(C(=O)[O-])[N+](C)(C)C)COC(=O)CCCCCCCCCCCCCC. The van der Waals surface area contributed by atoms with Crippen LogP contribution in [0, 0.1) is 0 Å². The molecule has 0 spiro atoms. The zero-order valence-corrected chi connectivity index (χ0v) is 37.1. The molecule has 0 saturated carbocycles. The van der Waals surface area contributed by atoms with Gasteiger partial charge >= 0.3 is 11.9 Å². The number of quaternary nitrogens is 1. The largest absolute Gasteiger partial charge is 0.544 e. The monoisotopic (exact) mass is 790 g/mol. The van der Waals surface area contributed by atoms with Gasteiger partial charge in [-0.1, -0.05) is 172 Å². The van der Waals surface area contributed by atoms with Crippen LogP contribution in [0.2, 0.25) is 0 Å². The second-order valence-electron chi connectivity index (χ2n) is 16.6. The van der Waals surface area contributed by atoms with E-state index in [0.29, 0.717) is 12.8 Å². The number of nitrogens with zero attached hydrogens (tertiary/aromatic N) is 1. The zero-order valence-electron chi connectivity index (χ0n) is 37.1. The summed E-state index contributed by atoms with van der Waals surface area (Å²) in [5.41, 5.74) is 0. The number of unbranched alkanes of at least 4 members (excludes halogenated alkanes) is 21. The van der Waals surface area contributed by atoms with Gasteiger partial charge in [0.25, 0.3) is 0 Å². The number of carbonyl (C=O) groups excluding carboxylic acids is 3. The number of hydrogen-bond donors (Lipinski definition) is 0. The van der Waals surface area contributed by atoms with Crippen LogP contribution in [0.1, 0.15) is 200 Å². The summed E-state index contributed by atoms with van der Waals surface area (Å²) in [6, 6.07) is -0.724. The maximum absolute atomic E-state index is 12.7. The molecule has 0 aliphatic heterocycles. The van der Waals surface area contributed by atoms with Crippen molar-refractivity contribution in [2.75, 3.05) is 41.0 Å². The van der Waals surface area contributed by atoms with Crippen molar-refractivity contribution in [3.8, 4) is 0 Å². The van der Waals surface area contributed by atoms with E-state index in [1.54, 1.807) is 21.1 Å². The summed E-state index contributed by atoms with van der Waals surface area (Å²) in [6.45, 7) is 4.56. The van der Waals surface area contributed by atoms with E-state index in [9.17, 15) is 19.5 Å². The molecule has 0 aromatic rings. The Morgan fingerprint density at radius 3 is 1.48 bits per heavy atom. The van der Waals surface area contributed by atoms with Crippen molar-refractivity contribution in [1.82, 2.24) is 0 Å². The van der Waals surface area contributed by atoms with Crippen LogP contribution in [0.25, 0.3) is 0 Å². The maximum atomic E-state index is 12.7. The topological polar surface area (TPSA) is 102 Å². The van der Waals surface area contributed by atoms with Gasteiger partial charge in [0.05, 0.1) is 40.3 Å². The number of hydrogen-bond acceptors (Lipinski definition) is 7. The third-order valence-corrected chi connectivity index (χ3v) is 10.3. The van der Waals surface area contributed by atoms with Crippen LogP contribution in [-0.4, -0.2) is 75.5 Å². The highest BCUT2D eigenvalue weighted by atomic mass is 16.6. The molecule has 0 amide bonds. The van der Waals surface area contributed by atoms with E-state index in [1.165, 1.54) is 109 Å². The molecule has 0 bridgehead atoms. The Hall–Kier alpha value is -2.45. The third-order valence-electron chi connectivity index (χ3n) is 10.3. The number of likely N-dealkylation sites (N-methyl/N-ethyl adjacent to an activating group) is 1. The number of esters is 2. The van der Waals surface area contributed by atoms with E-state index in [-0.39, 0.29) is 42.7 Å². The summed E-state index contributed by atoms with van der Waals surface area (Å²) >= 11 is 0. The number of ether oxygens (including phenoxy) is 3. The lowest BCUT2D eigenvalue weighted by molar-refractivity contribution is -0.889. The van der Waals surface area contributed by atoms with Crippen molar-refractivity contribution in [2.24, 2.45) is 0 Å². The second kappa shape index (κ2) is 39.4. The second-order valence-corrected chi connectivity index (χ2v) is 16.6. The summed E-state index contributed by atoms with van der Waals surface area (Å²) < 4.78 is 17.2. The molecule has 2 atom stereocenters. The molecule has 0 N–H and O–H groups in total. The fourth-order valence-corrected chi connectivity index (χ4v) is 6.73. The Kier molecular flexibility index (Phi) is 37.7. The zero-order chi connectivity index (χ0) is 41.4. The third kappa shape index (κ3) is 37.1. The number of allylic oxidation sites excluding steroid dienone is 6. The Bertz CT molecular complexity index is 1020. The lowest BCUT2D eigenvalue weighted by Crippen LogP contribution is -2.55. The van der Waals surface area contributed by atoms with E-state index in [2.05, 4.69) is 50.3 Å². The smallest absolute Gasteiger partial charge is 0.306 e. The fourth-order valence-electron chi connectivity index (χ4n) is 6.73. The van der Waals surface area contributed by atoms with Crippen molar-refractivity contribution in [3.05, 3.63) is 36.5 Å². The molecule has 326 valence electrons. The molecular formula is C48H87NO7. The first-order chi connectivity index (χ1) is 27.1. The fraction of sp³-hybridized carbons (Fsp3) is 0.812. The van der Waals surface area contributed by atoms with Crippen molar-refractivity contribution in [2.45, 2.75) is 212 Å². The van der Waals surface area contributed by atoms with E-state index in [4.69, 9.17) is 14.2 Å². The number of rotatable bonds is 41. The minimum absolute atomic E-state index is 0.0419. The van der Waals surface area contributed by atoms with E-state index >= 15 is 0 Å². The Labute approximate surface area is 344 Å². The van der Waals surface area contributed by atoms with Crippen LogP contribution >= 0.6 is 0 Å². The van der Waals surface area contributed by atoms with Crippen LogP contribution in [-0.2, 0) is 28.6 Å². The number of carboxylic acids is 1. The maximum Gasteiger partial charge on any atom is 0.306 e. The first-order valence-corrected chi connectivity index (χ1v) is 23.0. The lowest BCUT2D eigenvalue weighted by Gasteiger charge is -2.34. The van der Waals surface area contributed by atoms with Crippen LogP contribution in [0.3, 0.4) is 0 Å². The lowest BCUT2D eigenvalue weighted by atomic mass is 10.0. The van der Waals surface area contributed by atoms with Crippen LogP contribution in [0.5, 0.6) is 0 Å². The highest BCUT2D eigenvalue weighted by Gasteiger charge is 2.25. The van der Waals surface area contributed by atoms with Crippen molar-refractivity contribution in [3.63, 3.8) is 0 Å². The molecule has 0 aliphatic carbocycles. The minimum Gasteiger partial charge on any atom is -0.544 e. The van der Waals surface area contributed by atoms with Gasteiger partial charge in [0.15, 0.2) is 6.10 Å². The molecule has 0 aromatic heterocycles. The summed E-state index contributed by atoms with van der Waals surface area (Å²) in [7, 11) is 5.41. The quantitative estimate of drug-likeness (QED) is 0.0263. The van der Waals surface area contributed by atoms with Gasteiger partial charge in [-0.15, -0.1) is 0 Å². The predicted molar refractivity (Wildman–Crippen MR) is 231 cm³/mol. The molecule has 0 radical (unpaired) electrons. The summed E-state index contributed by atoms with van der Waals surface area (Å²) in [6.07, 6.45) is 44.5. The van der Waals surface area contributed by atoms with Gasteiger partial charge in [-0.2, -0.15) is 0 Å². The highest BCUT2D eigenvalue weighted by molar-refractivity contribution is 5.70. The summed E-state index contributed by atoms with van der Waals surface area (Å²) in [5.74, 6) is -1.73. The minimum atomic E-state index is -1.12. The van der Waals surface area contributed by atoms with Crippen molar-refractivity contribution in [1.29, 1.82) is 0 Å². The van der Waals surface area contributed by atoms with Gasteiger partial charge in [0.1, 0.15) is 12.6 Å². The van der Waals surface area contributed by atoms with Gasteiger partial charge in [-0.05, 0) is 44.9 Å². The van der Waals surface area contributed by atoms with E-state index in [0.717, 1.165) is 57.8 Å². The molecule has 8 heteroatoms. The van der Waals surface area contributed by atoms with Gasteiger partial charge in [-0.25, -0.2) is 0 Å². The molecule has 0 fully saturated rings. The Morgan fingerprint density at radius 1 is 0.554 bits per heavy atom. The standard InChI is InChI=1S/C48H87NO7/c1-6-8-10-12-14-16-18-20-21-22-23-24-25-26-27-29-31-33-35-37-39-47(51)56-44(42-54-41-40-45(48(52)53)49(3,4)5)43-55-46(50)38-36-34-32-30-28-19-17-15-13-11-9-7-2/h8,10,14,16,20-21,44-45H,6-7,9,11-13,15,17-19,22-43H2,1-5H3/b10-8+,16-14+,21-20+. The normalized spacial score (nSPS) is 13.2. The first-order valence-electron chi connectivity index (χ1n) is 23.0. The van der Waals surface area contributed by atoms with Crippen LogP contribution < -0.4 is 5.11 Å². The van der Waals surface area contributed by atoms with E-state index in [1.807, 2.05) is 0 Å². The van der Waals surface area contributed by atoms with Crippen LogP contribution in [0.15, 0.2) is 36.5 Å². The summed E-state index contributed by atoms with van der Waals surface area (Å²) in [4.78, 5) is 36.9. The van der Waals surface area contributed by atoms with Gasteiger partial charge in [0, 0.05) is 19.3 Å². The molecule has 0 heterocycles. The van der Waals surface area contributed by atoms with Crippen LogP contribution in [0.4, 0.5) is 0 Å². The van der Waals surface area contributed by atoms with Gasteiger partial charge in [-0.3, -0.25) is 9.59 Å². The summed E-state index contributed by atoms with van der Waals surface area (Å²) in [5, 5.41) is 11.6. The molecule has 0 rings (SSSR count). The number of aliphatic carboxylic acids is 1. The average molecular weight is 790 g/mol. The molecular weight excluding hydrogens is 703 g/mol.